The molecule has 8 heteroatoms. The third-order valence-electron chi connectivity index (χ3n) is 2.30. The van der Waals surface area contributed by atoms with Crippen LogP contribution >= 0.6 is 31.9 Å². The van der Waals surface area contributed by atoms with Gasteiger partial charge in [-0.15, -0.1) is 0 Å². The highest BCUT2D eigenvalue weighted by Gasteiger charge is 2.21. The van der Waals surface area contributed by atoms with E-state index >= 15 is 0 Å². The first kappa shape index (κ1) is 14.6. The van der Waals surface area contributed by atoms with Crippen molar-refractivity contribution in [1.29, 1.82) is 0 Å². The second-order valence-electron chi connectivity index (χ2n) is 3.63. The van der Waals surface area contributed by atoms with Crippen LogP contribution in [0.3, 0.4) is 0 Å². The van der Waals surface area contributed by atoms with E-state index in [0.29, 0.717) is 20.4 Å². The lowest BCUT2D eigenvalue weighted by molar-refractivity contribution is 0.417. The van der Waals surface area contributed by atoms with Gasteiger partial charge in [0.1, 0.15) is 5.76 Å². The second-order valence-corrected chi connectivity index (χ2v) is 6.95. The highest BCUT2D eigenvalue weighted by Crippen LogP contribution is 2.32. The summed E-state index contributed by atoms with van der Waals surface area (Å²) in [6.07, 6.45) is 0. The Morgan fingerprint density at radius 3 is 2.32 bits per heavy atom. The van der Waals surface area contributed by atoms with Crippen LogP contribution in [0.25, 0.3) is 0 Å². The molecule has 0 atom stereocenters. The Hall–Kier alpha value is -0.830. The molecular weight excluding hydrogens is 400 g/mol. The highest BCUT2D eigenvalue weighted by atomic mass is 79.9. The Kier molecular flexibility index (Phi) is 4.34. The molecule has 1 heterocycles. The molecule has 19 heavy (non-hydrogen) atoms. The Labute approximate surface area is 127 Å². The van der Waals surface area contributed by atoms with Gasteiger partial charge in [-0.2, -0.15) is 8.42 Å². The van der Waals surface area contributed by atoms with Crippen molar-refractivity contribution in [2.75, 3.05) is 4.72 Å². The molecule has 3 N–H and O–H groups in total. The summed E-state index contributed by atoms with van der Waals surface area (Å²) in [7, 11) is -3.78. The molecular formula is C11H10Br2N2O3S. The maximum absolute atomic E-state index is 12.1. The van der Waals surface area contributed by atoms with E-state index in [2.05, 4.69) is 36.6 Å². The fourth-order valence-electron chi connectivity index (χ4n) is 1.39. The first-order chi connectivity index (χ1) is 8.94. The first-order valence-electron chi connectivity index (χ1n) is 5.19. The van der Waals surface area contributed by atoms with Crippen molar-refractivity contribution in [1.82, 2.24) is 0 Å². The Bertz CT molecular complexity index is 677. The zero-order valence-corrected chi connectivity index (χ0v) is 13.5. The second kappa shape index (κ2) is 5.66. The molecule has 2 rings (SSSR count). The molecule has 0 aliphatic carbocycles. The standard InChI is InChI=1S/C11H10Br2N2O3S/c12-8-2-1-3-9(13)11(8)15-19(16,17)10-5-4-7(6-14)18-10/h1-5,15H,6,14H2. The average Bonchev–Trinajstić information content (AvgIpc) is 2.83. The normalized spacial score (nSPS) is 11.5. The Morgan fingerprint density at radius 2 is 1.79 bits per heavy atom. The van der Waals surface area contributed by atoms with Gasteiger partial charge in [-0.1, -0.05) is 6.07 Å². The van der Waals surface area contributed by atoms with Crippen LogP contribution in [0.1, 0.15) is 5.76 Å². The quantitative estimate of drug-likeness (QED) is 0.812. The average molecular weight is 410 g/mol. The monoisotopic (exact) mass is 408 g/mol. The number of sulfonamides is 1. The minimum atomic E-state index is -3.78. The minimum Gasteiger partial charge on any atom is -0.446 e. The van der Waals surface area contributed by atoms with Crippen LogP contribution < -0.4 is 10.5 Å². The number of hydrogen-bond donors (Lipinski definition) is 2. The van der Waals surface area contributed by atoms with Crippen LogP contribution in [-0.2, 0) is 16.6 Å². The van der Waals surface area contributed by atoms with Crippen molar-refractivity contribution < 1.29 is 12.8 Å². The van der Waals surface area contributed by atoms with E-state index in [9.17, 15) is 8.42 Å². The number of hydrogen-bond acceptors (Lipinski definition) is 4. The van der Waals surface area contributed by atoms with Gasteiger partial charge in [0.15, 0.2) is 0 Å². The molecule has 0 amide bonds. The molecule has 0 spiro atoms. The largest absolute Gasteiger partial charge is 0.446 e. The van der Waals surface area contributed by atoms with E-state index in [1.165, 1.54) is 12.1 Å². The molecule has 0 saturated heterocycles. The van der Waals surface area contributed by atoms with E-state index in [4.69, 9.17) is 10.2 Å². The van der Waals surface area contributed by atoms with Crippen molar-refractivity contribution in [3.8, 4) is 0 Å². The van der Waals surface area contributed by atoms with Gasteiger partial charge in [-0.05, 0) is 56.1 Å². The summed E-state index contributed by atoms with van der Waals surface area (Å²) < 4.78 is 33.1. The van der Waals surface area contributed by atoms with E-state index < -0.39 is 10.0 Å². The van der Waals surface area contributed by atoms with E-state index in [1.54, 1.807) is 18.2 Å². The van der Waals surface area contributed by atoms with Gasteiger partial charge in [0, 0.05) is 8.95 Å². The molecule has 1 aromatic heterocycles. The van der Waals surface area contributed by atoms with Gasteiger partial charge in [0.2, 0.25) is 5.09 Å². The van der Waals surface area contributed by atoms with Crippen LogP contribution in [0.2, 0.25) is 0 Å². The Balaban J connectivity index is 2.36. The maximum Gasteiger partial charge on any atom is 0.295 e. The minimum absolute atomic E-state index is 0.147. The highest BCUT2D eigenvalue weighted by molar-refractivity contribution is 9.11. The van der Waals surface area contributed by atoms with E-state index in [1.807, 2.05) is 0 Å². The fourth-order valence-corrected chi connectivity index (χ4v) is 3.90. The number of para-hydroxylation sites is 1. The van der Waals surface area contributed by atoms with Gasteiger partial charge in [-0.3, -0.25) is 4.72 Å². The topological polar surface area (TPSA) is 85.3 Å². The zero-order chi connectivity index (χ0) is 14.0. The third kappa shape index (κ3) is 3.19. The van der Waals surface area contributed by atoms with Gasteiger partial charge < -0.3 is 10.2 Å². The summed E-state index contributed by atoms with van der Waals surface area (Å²) in [4.78, 5) is 0. The molecule has 0 saturated carbocycles. The molecule has 2 aromatic rings. The van der Waals surface area contributed by atoms with E-state index in [-0.39, 0.29) is 11.6 Å². The molecule has 5 nitrogen and oxygen atoms in total. The lowest BCUT2D eigenvalue weighted by Gasteiger charge is -2.09. The van der Waals surface area contributed by atoms with Crippen LogP contribution in [-0.4, -0.2) is 8.42 Å². The summed E-state index contributed by atoms with van der Waals surface area (Å²) in [5.74, 6) is 0.409. The number of halogens is 2. The molecule has 0 radical (unpaired) electrons. The summed E-state index contributed by atoms with van der Waals surface area (Å²) >= 11 is 6.57. The number of nitrogens with two attached hydrogens (primary N) is 1. The van der Waals surface area contributed by atoms with Crippen molar-refractivity contribution in [2.45, 2.75) is 11.6 Å². The van der Waals surface area contributed by atoms with Gasteiger partial charge in [0.25, 0.3) is 10.0 Å². The van der Waals surface area contributed by atoms with Crippen molar-refractivity contribution >= 4 is 47.6 Å². The number of rotatable bonds is 4. The molecule has 102 valence electrons. The number of anilines is 1. The van der Waals surface area contributed by atoms with Crippen LogP contribution in [0.4, 0.5) is 5.69 Å². The zero-order valence-electron chi connectivity index (χ0n) is 9.56. The van der Waals surface area contributed by atoms with Crippen molar-refractivity contribution in [3.05, 3.63) is 45.0 Å². The van der Waals surface area contributed by atoms with Gasteiger partial charge >= 0.3 is 0 Å². The van der Waals surface area contributed by atoms with Crippen molar-refractivity contribution in [3.63, 3.8) is 0 Å². The number of furan rings is 1. The lowest BCUT2D eigenvalue weighted by atomic mass is 10.3. The third-order valence-corrected chi connectivity index (χ3v) is 4.85. The summed E-state index contributed by atoms with van der Waals surface area (Å²) in [6, 6.07) is 8.15. The van der Waals surface area contributed by atoms with Crippen LogP contribution in [0, 0.1) is 0 Å². The SMILES string of the molecule is NCc1ccc(S(=O)(=O)Nc2c(Br)cccc2Br)o1. The number of benzene rings is 1. The van der Waals surface area contributed by atoms with Gasteiger partial charge in [-0.25, -0.2) is 0 Å². The molecule has 0 aliphatic heterocycles. The van der Waals surface area contributed by atoms with E-state index in [0.717, 1.165) is 0 Å². The number of nitrogens with one attached hydrogen (secondary N) is 1. The van der Waals surface area contributed by atoms with Crippen molar-refractivity contribution in [2.24, 2.45) is 5.73 Å². The lowest BCUT2D eigenvalue weighted by Crippen LogP contribution is -2.13. The van der Waals surface area contributed by atoms with Crippen LogP contribution in [0.15, 0.2) is 48.8 Å². The smallest absolute Gasteiger partial charge is 0.295 e. The molecule has 0 bridgehead atoms. The predicted octanol–water partition coefficient (Wildman–Crippen LogP) is 3.06. The summed E-state index contributed by atoms with van der Waals surface area (Å²) in [5.41, 5.74) is 5.79. The first-order valence-corrected chi connectivity index (χ1v) is 8.26. The molecule has 0 aliphatic rings. The summed E-state index contributed by atoms with van der Waals surface area (Å²) in [5, 5.41) is -0.171. The fraction of sp³-hybridized carbons (Fsp3) is 0.0909. The van der Waals surface area contributed by atoms with Gasteiger partial charge in [0.05, 0.1) is 12.2 Å². The predicted molar refractivity (Wildman–Crippen MR) is 79.2 cm³/mol. The molecule has 0 fully saturated rings. The summed E-state index contributed by atoms with van der Waals surface area (Å²) in [6.45, 7) is 0.147. The molecule has 1 aromatic carbocycles. The van der Waals surface area contributed by atoms with Crippen LogP contribution in [0.5, 0.6) is 0 Å². The maximum atomic E-state index is 12.1. The molecule has 0 unspecified atom stereocenters. The Morgan fingerprint density at radius 1 is 1.16 bits per heavy atom.